The third kappa shape index (κ3) is 4.00. The van der Waals surface area contributed by atoms with Crippen molar-refractivity contribution in [2.24, 2.45) is 0 Å². The normalized spacial score (nSPS) is 11.8. The predicted molar refractivity (Wildman–Crippen MR) is 196 cm³/mol. The maximum Gasteiger partial charge on any atom is 0.145 e. The van der Waals surface area contributed by atoms with Gasteiger partial charge in [-0.3, -0.25) is 0 Å². The molecule has 0 aliphatic heterocycles. The van der Waals surface area contributed by atoms with Gasteiger partial charge in [0.2, 0.25) is 0 Å². The molecule has 0 bridgehead atoms. The van der Waals surface area contributed by atoms with Crippen LogP contribution >= 0.6 is 0 Å². The van der Waals surface area contributed by atoms with E-state index in [-0.39, 0.29) is 0 Å². The Bertz CT molecular complexity index is 2810. The van der Waals surface area contributed by atoms with Crippen molar-refractivity contribution in [1.29, 1.82) is 0 Å². The summed E-state index contributed by atoms with van der Waals surface area (Å²) in [5.74, 6) is 0. The molecule has 0 radical (unpaired) electrons. The summed E-state index contributed by atoms with van der Waals surface area (Å²) in [4.78, 5) is 2.38. The largest absolute Gasteiger partial charge is 0.456 e. The molecule has 0 saturated heterocycles. The molecule has 3 heteroatoms. The monoisotopic (exact) mass is 601 g/mol. The van der Waals surface area contributed by atoms with Crippen molar-refractivity contribution in [2.75, 3.05) is 4.90 Å². The second kappa shape index (κ2) is 10.1. The van der Waals surface area contributed by atoms with Crippen LogP contribution < -0.4 is 4.90 Å². The lowest BCUT2D eigenvalue weighted by atomic mass is 9.98. The van der Waals surface area contributed by atoms with Gasteiger partial charge in [0.15, 0.2) is 0 Å². The first kappa shape index (κ1) is 26.0. The average molecular weight is 602 g/mol. The number of hydrogen-bond acceptors (Lipinski definition) is 3. The van der Waals surface area contributed by atoms with Crippen molar-refractivity contribution in [3.63, 3.8) is 0 Å². The first-order valence-electron chi connectivity index (χ1n) is 15.9. The molecule has 220 valence electrons. The van der Waals surface area contributed by atoms with Crippen LogP contribution in [0.5, 0.6) is 0 Å². The van der Waals surface area contributed by atoms with Crippen molar-refractivity contribution >= 4 is 82.5 Å². The molecule has 0 saturated carbocycles. The van der Waals surface area contributed by atoms with Gasteiger partial charge in [-0.2, -0.15) is 0 Å². The minimum Gasteiger partial charge on any atom is -0.456 e. The van der Waals surface area contributed by atoms with E-state index in [1.165, 1.54) is 21.5 Å². The van der Waals surface area contributed by atoms with Crippen LogP contribution in [0, 0.1) is 0 Å². The van der Waals surface area contributed by atoms with E-state index in [0.717, 1.165) is 72.1 Å². The highest BCUT2D eigenvalue weighted by atomic mass is 16.3. The summed E-state index contributed by atoms with van der Waals surface area (Å²) < 4.78 is 13.0. The number of hydrogen-bond donors (Lipinski definition) is 0. The fourth-order valence-corrected chi connectivity index (χ4v) is 7.25. The van der Waals surface area contributed by atoms with Gasteiger partial charge in [-0.05, 0) is 81.7 Å². The summed E-state index contributed by atoms with van der Waals surface area (Å²) in [5, 5.41) is 9.25. The van der Waals surface area contributed by atoms with Gasteiger partial charge in [0.05, 0.1) is 11.1 Å². The molecular formula is C44H27NO2. The van der Waals surface area contributed by atoms with E-state index in [1.54, 1.807) is 0 Å². The van der Waals surface area contributed by atoms with Gasteiger partial charge in [-0.1, -0.05) is 109 Å². The number of para-hydroxylation sites is 2. The van der Waals surface area contributed by atoms with Crippen LogP contribution in [0.4, 0.5) is 17.1 Å². The molecule has 3 nitrogen and oxygen atoms in total. The van der Waals surface area contributed by atoms with Crippen LogP contribution in [-0.2, 0) is 0 Å². The van der Waals surface area contributed by atoms with Gasteiger partial charge in [-0.15, -0.1) is 0 Å². The summed E-state index contributed by atoms with van der Waals surface area (Å²) in [5.41, 5.74) is 8.86. The summed E-state index contributed by atoms with van der Waals surface area (Å²) in [6, 6.07) is 57.9. The van der Waals surface area contributed by atoms with E-state index in [9.17, 15) is 0 Å². The number of benzene rings is 8. The fraction of sp³-hybridized carbons (Fsp3) is 0. The predicted octanol–water partition coefficient (Wildman–Crippen LogP) is 12.9. The molecule has 0 aliphatic rings. The standard InChI is InChI=1S/C44H27NO2/c1-2-10-28(11-3-1)34-23-24-39(43-36-15-7-9-17-41(36)47-44(34)43)45(32-22-25-42-38(27-32)35-14-6-8-16-40(35)46-42)31-21-20-30-19-18-29-12-4-5-13-33(29)37(30)26-31/h1-27H. The first-order valence-corrected chi connectivity index (χ1v) is 15.9. The van der Waals surface area contributed by atoms with Gasteiger partial charge in [0.25, 0.3) is 0 Å². The molecule has 2 aromatic heterocycles. The lowest BCUT2D eigenvalue weighted by Gasteiger charge is -2.27. The van der Waals surface area contributed by atoms with Gasteiger partial charge in [-0.25, -0.2) is 0 Å². The van der Waals surface area contributed by atoms with E-state index in [1.807, 2.05) is 18.2 Å². The Balaban J connectivity index is 1.31. The number of rotatable bonds is 4. The molecule has 47 heavy (non-hydrogen) atoms. The highest BCUT2D eigenvalue weighted by Crippen LogP contribution is 2.47. The molecule has 8 aromatic carbocycles. The number of fused-ring (bicyclic) bond motifs is 9. The lowest BCUT2D eigenvalue weighted by Crippen LogP contribution is -2.10. The Morgan fingerprint density at radius 2 is 0.979 bits per heavy atom. The fourth-order valence-electron chi connectivity index (χ4n) is 7.25. The molecule has 0 fully saturated rings. The number of anilines is 3. The Kier molecular flexibility index (Phi) is 5.57. The van der Waals surface area contributed by atoms with Crippen LogP contribution in [0.1, 0.15) is 0 Å². The van der Waals surface area contributed by atoms with Crippen molar-refractivity contribution in [3.05, 3.63) is 164 Å². The molecule has 2 heterocycles. The molecule has 0 aliphatic carbocycles. The zero-order chi connectivity index (χ0) is 30.9. The molecule has 0 unspecified atom stereocenters. The number of nitrogens with zero attached hydrogens (tertiary/aromatic N) is 1. The lowest BCUT2D eigenvalue weighted by molar-refractivity contribution is 0.669. The Morgan fingerprint density at radius 3 is 1.81 bits per heavy atom. The summed E-state index contributed by atoms with van der Waals surface area (Å²) in [7, 11) is 0. The van der Waals surface area contributed by atoms with E-state index < -0.39 is 0 Å². The van der Waals surface area contributed by atoms with Gasteiger partial charge < -0.3 is 13.7 Å². The van der Waals surface area contributed by atoms with E-state index in [2.05, 4.69) is 150 Å². The van der Waals surface area contributed by atoms with Crippen molar-refractivity contribution in [3.8, 4) is 11.1 Å². The molecule has 10 rings (SSSR count). The Hall–Kier alpha value is -6.32. The molecule has 0 N–H and O–H groups in total. The molecule has 0 amide bonds. The average Bonchev–Trinajstić information content (AvgIpc) is 3.71. The quantitative estimate of drug-likeness (QED) is 0.188. The maximum absolute atomic E-state index is 6.70. The van der Waals surface area contributed by atoms with Crippen molar-refractivity contribution < 1.29 is 8.83 Å². The highest BCUT2D eigenvalue weighted by molar-refractivity contribution is 6.18. The smallest absolute Gasteiger partial charge is 0.145 e. The third-order valence-corrected chi connectivity index (χ3v) is 9.44. The topological polar surface area (TPSA) is 29.5 Å². The first-order chi connectivity index (χ1) is 23.3. The van der Waals surface area contributed by atoms with Gasteiger partial charge in [0.1, 0.15) is 22.3 Å². The molecule has 0 spiro atoms. The molecule has 10 aromatic rings. The van der Waals surface area contributed by atoms with Crippen LogP contribution in [-0.4, -0.2) is 0 Å². The van der Waals surface area contributed by atoms with Crippen LogP contribution in [0.3, 0.4) is 0 Å². The summed E-state index contributed by atoms with van der Waals surface area (Å²) >= 11 is 0. The minimum absolute atomic E-state index is 0.868. The van der Waals surface area contributed by atoms with Crippen LogP contribution in [0.2, 0.25) is 0 Å². The van der Waals surface area contributed by atoms with Gasteiger partial charge in [0, 0.05) is 33.1 Å². The summed E-state index contributed by atoms with van der Waals surface area (Å²) in [6.45, 7) is 0. The van der Waals surface area contributed by atoms with Crippen LogP contribution in [0.15, 0.2) is 173 Å². The summed E-state index contributed by atoms with van der Waals surface area (Å²) in [6.07, 6.45) is 0. The zero-order valence-corrected chi connectivity index (χ0v) is 25.4. The van der Waals surface area contributed by atoms with Gasteiger partial charge >= 0.3 is 0 Å². The Labute approximate surface area is 270 Å². The second-order valence-corrected chi connectivity index (χ2v) is 12.1. The van der Waals surface area contributed by atoms with Crippen LogP contribution in [0.25, 0.3) is 76.5 Å². The number of furan rings is 2. The van der Waals surface area contributed by atoms with E-state index >= 15 is 0 Å². The van der Waals surface area contributed by atoms with Crippen molar-refractivity contribution in [2.45, 2.75) is 0 Å². The third-order valence-electron chi connectivity index (χ3n) is 9.44. The Morgan fingerprint density at radius 1 is 0.383 bits per heavy atom. The van der Waals surface area contributed by atoms with E-state index in [0.29, 0.717) is 0 Å². The SMILES string of the molecule is c1ccc(-c2ccc(N(c3ccc4ccc5ccccc5c4c3)c3ccc4oc5ccccc5c4c3)c3c2oc2ccccc23)cc1. The maximum atomic E-state index is 6.70. The minimum atomic E-state index is 0.868. The van der Waals surface area contributed by atoms with Crippen molar-refractivity contribution in [1.82, 2.24) is 0 Å². The second-order valence-electron chi connectivity index (χ2n) is 12.1. The molecular weight excluding hydrogens is 574 g/mol. The zero-order valence-electron chi connectivity index (χ0n) is 25.4. The highest BCUT2D eigenvalue weighted by Gasteiger charge is 2.23. The molecule has 0 atom stereocenters. The van der Waals surface area contributed by atoms with E-state index in [4.69, 9.17) is 8.83 Å².